The molecule has 0 saturated heterocycles. The zero-order chi connectivity index (χ0) is 11.8. The molecule has 0 amide bonds. The van der Waals surface area contributed by atoms with Gasteiger partial charge in [0.1, 0.15) is 11.4 Å². The molecule has 1 unspecified atom stereocenters. The molecule has 1 aliphatic rings. The van der Waals surface area contributed by atoms with Crippen LogP contribution in [-0.4, -0.2) is 10.7 Å². The molecule has 0 spiro atoms. The minimum Gasteiger partial charge on any atom is -0.487 e. The zero-order valence-corrected chi connectivity index (χ0v) is 10.4. The van der Waals surface area contributed by atoms with Crippen LogP contribution in [0.4, 0.5) is 0 Å². The van der Waals surface area contributed by atoms with Crippen molar-refractivity contribution in [3.63, 3.8) is 0 Å². The third-order valence-electron chi connectivity index (χ3n) is 3.09. The Morgan fingerprint density at radius 2 is 2.31 bits per heavy atom. The Hall–Kier alpha value is -0.730. The quantitative estimate of drug-likeness (QED) is 0.854. The molecule has 3 heteroatoms. The maximum Gasteiger partial charge on any atom is 0.126 e. The van der Waals surface area contributed by atoms with E-state index < -0.39 is 6.10 Å². The van der Waals surface area contributed by atoms with E-state index in [1.54, 1.807) is 12.1 Å². The van der Waals surface area contributed by atoms with Gasteiger partial charge in [0.25, 0.3) is 0 Å². The van der Waals surface area contributed by atoms with Crippen molar-refractivity contribution in [1.29, 1.82) is 0 Å². The molecular weight excluding hydrogens is 224 g/mol. The zero-order valence-electron chi connectivity index (χ0n) is 9.66. The Kier molecular flexibility index (Phi) is 3.13. The van der Waals surface area contributed by atoms with Crippen LogP contribution in [0.1, 0.15) is 44.8 Å². The molecule has 0 saturated carbocycles. The fourth-order valence-electron chi connectivity index (χ4n) is 2.38. The molecule has 1 aromatic rings. The molecule has 88 valence electrons. The summed E-state index contributed by atoms with van der Waals surface area (Å²) in [6, 6.07) is 5.42. The summed E-state index contributed by atoms with van der Waals surface area (Å²) in [4.78, 5) is 0. The maximum absolute atomic E-state index is 10.1. The Morgan fingerprint density at radius 3 is 3.00 bits per heavy atom. The number of ether oxygens (including phenoxy) is 1. The molecule has 16 heavy (non-hydrogen) atoms. The van der Waals surface area contributed by atoms with Crippen LogP contribution in [0.3, 0.4) is 0 Å². The van der Waals surface area contributed by atoms with Gasteiger partial charge in [-0.05, 0) is 31.5 Å². The molecular formula is C13H17ClO2. The first-order valence-electron chi connectivity index (χ1n) is 5.70. The van der Waals surface area contributed by atoms with Crippen LogP contribution in [0, 0.1) is 0 Å². The number of aliphatic hydroxyl groups excluding tert-OH is 1. The highest BCUT2D eigenvalue weighted by molar-refractivity contribution is 6.30. The van der Waals surface area contributed by atoms with E-state index in [4.69, 9.17) is 16.3 Å². The van der Waals surface area contributed by atoms with Crippen molar-refractivity contribution in [3.8, 4) is 5.75 Å². The van der Waals surface area contributed by atoms with E-state index in [1.807, 2.05) is 6.07 Å². The van der Waals surface area contributed by atoms with E-state index in [0.717, 1.165) is 24.2 Å². The van der Waals surface area contributed by atoms with Gasteiger partial charge in [-0.3, -0.25) is 0 Å². The van der Waals surface area contributed by atoms with Crippen LogP contribution in [0.5, 0.6) is 5.75 Å². The second kappa shape index (κ2) is 4.27. The lowest BCUT2D eigenvalue weighted by Crippen LogP contribution is -2.37. The fraction of sp³-hybridized carbons (Fsp3) is 0.538. The van der Waals surface area contributed by atoms with Gasteiger partial charge in [0.2, 0.25) is 0 Å². The summed E-state index contributed by atoms with van der Waals surface area (Å²) >= 11 is 5.91. The van der Waals surface area contributed by atoms with Crippen molar-refractivity contribution < 1.29 is 9.84 Å². The summed E-state index contributed by atoms with van der Waals surface area (Å²) in [5.74, 6) is 0.763. The number of fused-ring (bicyclic) bond motifs is 1. The number of rotatable bonds is 2. The molecule has 1 aromatic carbocycles. The minimum atomic E-state index is -0.473. The molecule has 0 radical (unpaired) electrons. The topological polar surface area (TPSA) is 29.5 Å². The van der Waals surface area contributed by atoms with Crippen LogP contribution in [0.25, 0.3) is 0 Å². The Balaban J connectivity index is 2.33. The van der Waals surface area contributed by atoms with Crippen molar-refractivity contribution in [2.45, 2.75) is 44.8 Å². The van der Waals surface area contributed by atoms with E-state index >= 15 is 0 Å². The van der Waals surface area contributed by atoms with Gasteiger partial charge in [-0.2, -0.15) is 0 Å². The predicted octanol–water partition coefficient (Wildman–Crippen LogP) is 3.71. The number of hydrogen-bond acceptors (Lipinski definition) is 2. The molecule has 1 heterocycles. The van der Waals surface area contributed by atoms with Crippen LogP contribution < -0.4 is 4.74 Å². The first kappa shape index (κ1) is 11.7. The second-order valence-corrected chi connectivity index (χ2v) is 5.14. The second-order valence-electron chi connectivity index (χ2n) is 4.70. The minimum absolute atomic E-state index is 0.255. The van der Waals surface area contributed by atoms with Gasteiger partial charge in [0, 0.05) is 17.0 Å². The Morgan fingerprint density at radius 1 is 1.56 bits per heavy atom. The maximum atomic E-state index is 10.1. The SMILES string of the molecule is CCCC1(C)C[C@H](O)c2cc(Cl)ccc2O1. The molecule has 0 bridgehead atoms. The molecule has 0 aromatic heterocycles. The highest BCUT2D eigenvalue weighted by Gasteiger charge is 2.35. The highest BCUT2D eigenvalue weighted by atomic mass is 35.5. The normalized spacial score (nSPS) is 28.4. The predicted molar refractivity (Wildman–Crippen MR) is 65.0 cm³/mol. The lowest BCUT2D eigenvalue weighted by molar-refractivity contribution is -0.00731. The van der Waals surface area contributed by atoms with E-state index in [0.29, 0.717) is 11.4 Å². The van der Waals surface area contributed by atoms with Gasteiger partial charge < -0.3 is 9.84 Å². The van der Waals surface area contributed by atoms with Crippen molar-refractivity contribution >= 4 is 11.6 Å². The van der Waals surface area contributed by atoms with Crippen LogP contribution >= 0.6 is 11.6 Å². The van der Waals surface area contributed by atoms with Crippen LogP contribution in [-0.2, 0) is 0 Å². The smallest absolute Gasteiger partial charge is 0.126 e. The lowest BCUT2D eigenvalue weighted by atomic mass is 9.87. The Labute approximate surface area is 101 Å². The summed E-state index contributed by atoms with van der Waals surface area (Å²) in [7, 11) is 0. The summed E-state index contributed by atoms with van der Waals surface area (Å²) in [5.41, 5.74) is 0.552. The number of benzene rings is 1. The third kappa shape index (κ3) is 2.18. The molecule has 2 nitrogen and oxygen atoms in total. The number of halogens is 1. The molecule has 1 aliphatic heterocycles. The van der Waals surface area contributed by atoms with Crippen molar-refractivity contribution in [1.82, 2.24) is 0 Å². The average Bonchev–Trinajstić information content (AvgIpc) is 2.19. The van der Waals surface area contributed by atoms with Crippen molar-refractivity contribution in [2.24, 2.45) is 0 Å². The third-order valence-corrected chi connectivity index (χ3v) is 3.33. The number of aliphatic hydroxyl groups is 1. The molecule has 2 rings (SSSR count). The summed E-state index contributed by atoms with van der Waals surface area (Å²) in [5, 5.41) is 10.7. The largest absolute Gasteiger partial charge is 0.487 e. The lowest BCUT2D eigenvalue weighted by Gasteiger charge is -2.38. The van der Waals surface area contributed by atoms with Gasteiger partial charge in [-0.25, -0.2) is 0 Å². The van der Waals surface area contributed by atoms with E-state index in [1.165, 1.54) is 0 Å². The highest BCUT2D eigenvalue weighted by Crippen LogP contribution is 2.42. The van der Waals surface area contributed by atoms with E-state index in [9.17, 15) is 5.11 Å². The first-order chi connectivity index (χ1) is 7.54. The molecule has 0 aliphatic carbocycles. The van der Waals surface area contributed by atoms with E-state index in [-0.39, 0.29) is 5.60 Å². The number of hydrogen-bond donors (Lipinski definition) is 1. The van der Waals surface area contributed by atoms with Gasteiger partial charge in [0.05, 0.1) is 6.10 Å². The monoisotopic (exact) mass is 240 g/mol. The van der Waals surface area contributed by atoms with Gasteiger partial charge in [0.15, 0.2) is 0 Å². The van der Waals surface area contributed by atoms with Gasteiger partial charge >= 0.3 is 0 Å². The first-order valence-corrected chi connectivity index (χ1v) is 6.08. The van der Waals surface area contributed by atoms with Gasteiger partial charge in [-0.15, -0.1) is 0 Å². The summed E-state index contributed by atoms with van der Waals surface area (Å²) in [6.07, 6.45) is 2.16. The standard InChI is InChI=1S/C13H17ClO2/c1-3-6-13(2)8-11(15)10-7-9(14)4-5-12(10)16-13/h4-5,7,11,15H,3,6,8H2,1-2H3/t11-,13?/m0/s1. The van der Waals surface area contributed by atoms with Crippen LogP contribution in [0.2, 0.25) is 5.02 Å². The van der Waals surface area contributed by atoms with Crippen molar-refractivity contribution in [3.05, 3.63) is 28.8 Å². The van der Waals surface area contributed by atoms with E-state index in [2.05, 4.69) is 13.8 Å². The summed E-state index contributed by atoms with van der Waals surface area (Å²) in [6.45, 7) is 4.18. The molecule has 1 N–H and O–H groups in total. The van der Waals surface area contributed by atoms with Crippen molar-refractivity contribution in [2.75, 3.05) is 0 Å². The average molecular weight is 241 g/mol. The summed E-state index contributed by atoms with van der Waals surface area (Å²) < 4.78 is 5.97. The Bertz CT molecular complexity index is 392. The van der Waals surface area contributed by atoms with Crippen LogP contribution in [0.15, 0.2) is 18.2 Å². The van der Waals surface area contributed by atoms with Gasteiger partial charge in [-0.1, -0.05) is 24.9 Å². The molecule has 2 atom stereocenters. The molecule has 0 fully saturated rings. The fourth-order valence-corrected chi connectivity index (χ4v) is 2.56.